The van der Waals surface area contributed by atoms with Gasteiger partial charge in [0.2, 0.25) is 0 Å². The molecule has 152 valence electrons. The second-order valence-electron chi connectivity index (χ2n) is 6.37. The molecule has 0 aliphatic heterocycles. The number of nitrogens with one attached hydrogen (secondary N) is 1. The Morgan fingerprint density at radius 2 is 1.48 bits per heavy atom. The Labute approximate surface area is 152 Å². The lowest BCUT2D eigenvalue weighted by Gasteiger charge is -2.14. The number of hydrogen-bond donors (Lipinski definition) is 4. The third-order valence-electron chi connectivity index (χ3n) is 3.88. The average molecular weight is 383 g/mol. The van der Waals surface area contributed by atoms with Gasteiger partial charge in [0.25, 0.3) is 0 Å². The van der Waals surface area contributed by atoms with Gasteiger partial charge in [0.1, 0.15) is 6.10 Å². The fraction of sp³-hybridized carbons (Fsp3) is 1.00. The third kappa shape index (κ3) is 18.6. The topological polar surface area (TPSA) is 108 Å². The summed E-state index contributed by atoms with van der Waals surface area (Å²) in [6.07, 6.45) is 11.8. The molecule has 4 N–H and O–H groups in total. The molecule has 0 bridgehead atoms. The number of aliphatic hydroxyl groups excluding tert-OH is 2. The largest absolute Gasteiger partial charge is 0.472 e. The first-order chi connectivity index (χ1) is 12.0. The molecule has 2 unspecified atom stereocenters. The molecule has 0 saturated carbocycles. The van der Waals surface area contributed by atoms with E-state index in [2.05, 4.69) is 16.8 Å². The van der Waals surface area contributed by atoms with Crippen LogP contribution in [0.25, 0.3) is 0 Å². The lowest BCUT2D eigenvalue weighted by Crippen LogP contribution is -2.22. The highest BCUT2D eigenvalue weighted by Crippen LogP contribution is 2.42. The van der Waals surface area contributed by atoms with Crippen LogP contribution in [0.15, 0.2) is 0 Å². The lowest BCUT2D eigenvalue weighted by molar-refractivity contribution is 0.0364. The van der Waals surface area contributed by atoms with E-state index in [0.717, 1.165) is 13.0 Å². The summed E-state index contributed by atoms with van der Waals surface area (Å²) in [6, 6.07) is 0. The monoisotopic (exact) mass is 383 g/mol. The zero-order valence-corrected chi connectivity index (χ0v) is 16.6. The van der Waals surface area contributed by atoms with Crippen LogP contribution in [0.2, 0.25) is 0 Å². The molecule has 8 heteroatoms. The van der Waals surface area contributed by atoms with E-state index in [-0.39, 0.29) is 6.61 Å². The summed E-state index contributed by atoms with van der Waals surface area (Å²) in [7, 11) is -4.16. The molecule has 0 aromatic carbocycles. The Balaban J connectivity index is 3.29. The molecule has 0 aliphatic rings. The zero-order chi connectivity index (χ0) is 18.8. The van der Waals surface area contributed by atoms with Crippen molar-refractivity contribution in [2.24, 2.45) is 0 Å². The Morgan fingerprint density at radius 1 is 0.920 bits per heavy atom. The van der Waals surface area contributed by atoms with E-state index in [1.54, 1.807) is 0 Å². The molecule has 0 saturated heterocycles. The molecule has 0 amide bonds. The van der Waals surface area contributed by atoms with Crippen molar-refractivity contribution in [2.75, 3.05) is 32.9 Å². The fourth-order valence-electron chi connectivity index (χ4n) is 2.37. The minimum Gasteiger partial charge on any atom is -0.394 e. The Morgan fingerprint density at radius 3 is 2.04 bits per heavy atom. The van der Waals surface area contributed by atoms with Crippen LogP contribution in [-0.4, -0.2) is 54.1 Å². The van der Waals surface area contributed by atoms with Gasteiger partial charge >= 0.3 is 7.82 Å². The Hall–Kier alpha value is -0.0100. The van der Waals surface area contributed by atoms with E-state index in [1.165, 1.54) is 57.8 Å². The number of hydrogen-bond acceptors (Lipinski definition) is 6. The number of phosphoric acid groups is 1. The van der Waals surface area contributed by atoms with Crippen LogP contribution >= 0.6 is 7.82 Å². The molecule has 0 heterocycles. The predicted molar refractivity (Wildman–Crippen MR) is 99.5 cm³/mol. The normalized spacial score (nSPS) is 15.2. The highest BCUT2D eigenvalue weighted by Gasteiger charge is 2.22. The first kappa shape index (κ1) is 25.0. The van der Waals surface area contributed by atoms with Gasteiger partial charge in [-0.3, -0.25) is 9.05 Å². The maximum Gasteiger partial charge on any atom is 0.472 e. The summed E-state index contributed by atoms with van der Waals surface area (Å²) < 4.78 is 20.7. The minimum atomic E-state index is -4.16. The van der Waals surface area contributed by atoms with Crippen LogP contribution in [0, 0.1) is 0 Å². The fourth-order valence-corrected chi connectivity index (χ4v) is 3.12. The summed E-state index contributed by atoms with van der Waals surface area (Å²) in [6.45, 7) is 2.66. The Bertz CT molecular complexity index is 332. The SMILES string of the molecule is CCCCCCCCCCCCNCCOP(=O)(O)OCC(O)CO. The molecule has 0 radical (unpaired) electrons. The van der Waals surface area contributed by atoms with E-state index in [9.17, 15) is 9.46 Å². The van der Waals surface area contributed by atoms with Crippen LogP contribution in [0.1, 0.15) is 71.1 Å². The van der Waals surface area contributed by atoms with Crippen LogP contribution in [-0.2, 0) is 13.6 Å². The molecular formula is C17H38NO6P. The van der Waals surface area contributed by atoms with Crippen molar-refractivity contribution in [1.82, 2.24) is 5.32 Å². The summed E-state index contributed by atoms with van der Waals surface area (Å²) in [4.78, 5) is 9.34. The van der Waals surface area contributed by atoms with Gasteiger partial charge in [-0.1, -0.05) is 64.7 Å². The lowest BCUT2D eigenvalue weighted by atomic mass is 10.1. The molecule has 0 spiro atoms. The first-order valence-corrected chi connectivity index (χ1v) is 11.1. The molecule has 0 aromatic heterocycles. The second-order valence-corrected chi connectivity index (χ2v) is 7.82. The van der Waals surface area contributed by atoms with Crippen molar-refractivity contribution in [3.8, 4) is 0 Å². The number of phosphoric ester groups is 1. The van der Waals surface area contributed by atoms with Crippen molar-refractivity contribution in [2.45, 2.75) is 77.2 Å². The highest BCUT2D eigenvalue weighted by atomic mass is 31.2. The summed E-state index contributed by atoms with van der Waals surface area (Å²) >= 11 is 0. The van der Waals surface area contributed by atoms with Gasteiger partial charge < -0.3 is 20.4 Å². The van der Waals surface area contributed by atoms with E-state index in [0.29, 0.717) is 6.54 Å². The van der Waals surface area contributed by atoms with E-state index in [1.807, 2.05) is 0 Å². The number of rotatable bonds is 19. The van der Waals surface area contributed by atoms with Gasteiger partial charge in [-0.2, -0.15) is 0 Å². The first-order valence-electron chi connectivity index (χ1n) is 9.63. The van der Waals surface area contributed by atoms with Gasteiger partial charge in [-0.15, -0.1) is 0 Å². The third-order valence-corrected chi connectivity index (χ3v) is 4.87. The molecule has 0 rings (SSSR count). The average Bonchev–Trinajstić information content (AvgIpc) is 2.60. The van der Waals surface area contributed by atoms with Crippen molar-refractivity contribution in [1.29, 1.82) is 0 Å². The molecule has 7 nitrogen and oxygen atoms in total. The van der Waals surface area contributed by atoms with Crippen molar-refractivity contribution in [3.05, 3.63) is 0 Å². The van der Waals surface area contributed by atoms with Crippen molar-refractivity contribution < 1.29 is 28.7 Å². The molecular weight excluding hydrogens is 345 g/mol. The standard InChI is InChI=1S/C17H38NO6P/c1-2-3-4-5-6-7-8-9-10-11-12-18-13-14-23-25(21,22)24-16-17(20)15-19/h17-20H,2-16H2,1H3,(H,21,22). The van der Waals surface area contributed by atoms with Crippen molar-refractivity contribution >= 4 is 7.82 Å². The van der Waals surface area contributed by atoms with E-state index < -0.39 is 27.1 Å². The second kappa shape index (κ2) is 17.4. The predicted octanol–water partition coefficient (Wildman–Crippen LogP) is 2.98. The maximum absolute atomic E-state index is 11.4. The van der Waals surface area contributed by atoms with Gasteiger partial charge in [0, 0.05) is 6.54 Å². The highest BCUT2D eigenvalue weighted by molar-refractivity contribution is 7.47. The minimum absolute atomic E-state index is 0.0563. The van der Waals surface area contributed by atoms with Crippen LogP contribution in [0.5, 0.6) is 0 Å². The zero-order valence-electron chi connectivity index (χ0n) is 15.7. The van der Waals surface area contributed by atoms with E-state index in [4.69, 9.17) is 14.7 Å². The molecule has 0 fully saturated rings. The molecule has 25 heavy (non-hydrogen) atoms. The van der Waals surface area contributed by atoms with E-state index >= 15 is 0 Å². The van der Waals surface area contributed by atoms with Gasteiger partial charge in [0.05, 0.1) is 19.8 Å². The van der Waals surface area contributed by atoms with Crippen LogP contribution in [0.4, 0.5) is 0 Å². The molecule has 2 atom stereocenters. The number of aliphatic hydroxyl groups is 2. The van der Waals surface area contributed by atoms with Crippen molar-refractivity contribution in [3.63, 3.8) is 0 Å². The summed E-state index contributed by atoms with van der Waals surface area (Å²) in [5.74, 6) is 0. The molecule has 0 aliphatic carbocycles. The smallest absolute Gasteiger partial charge is 0.394 e. The summed E-state index contributed by atoms with van der Waals surface area (Å²) in [5, 5.41) is 20.8. The van der Waals surface area contributed by atoms with Crippen LogP contribution < -0.4 is 5.32 Å². The number of unbranched alkanes of at least 4 members (excludes halogenated alkanes) is 9. The maximum atomic E-state index is 11.4. The van der Waals surface area contributed by atoms with Gasteiger partial charge in [-0.05, 0) is 13.0 Å². The van der Waals surface area contributed by atoms with Gasteiger partial charge in [-0.25, -0.2) is 4.57 Å². The summed E-state index contributed by atoms with van der Waals surface area (Å²) in [5.41, 5.74) is 0. The van der Waals surface area contributed by atoms with Crippen LogP contribution in [0.3, 0.4) is 0 Å². The van der Waals surface area contributed by atoms with Gasteiger partial charge in [0.15, 0.2) is 0 Å². The Kier molecular flexibility index (Phi) is 17.4. The quantitative estimate of drug-likeness (QED) is 0.201. The molecule has 0 aromatic rings.